The van der Waals surface area contributed by atoms with Crippen LogP contribution in [0.3, 0.4) is 0 Å². The van der Waals surface area contributed by atoms with Gasteiger partial charge in [-0.25, -0.2) is 4.39 Å². The first-order chi connectivity index (χ1) is 11.2. The molecule has 0 saturated heterocycles. The fraction of sp³-hybridized carbons (Fsp3) is 0.235. The van der Waals surface area contributed by atoms with Crippen molar-refractivity contribution in [1.82, 2.24) is 0 Å². The fourth-order valence-electron chi connectivity index (χ4n) is 2.26. The average Bonchev–Trinajstić information content (AvgIpc) is 2.56. The third-order valence-electron chi connectivity index (χ3n) is 3.37. The maximum absolute atomic E-state index is 13.4. The van der Waals surface area contributed by atoms with Gasteiger partial charge in [-0.1, -0.05) is 12.1 Å². The molecule has 0 saturated carbocycles. The lowest BCUT2D eigenvalue weighted by molar-refractivity contribution is -0.115. The molecule has 1 aliphatic heterocycles. The Morgan fingerprint density at radius 3 is 2.70 bits per heavy atom. The molecule has 5 nitrogen and oxygen atoms in total. The van der Waals surface area contributed by atoms with Gasteiger partial charge in [0.2, 0.25) is 5.91 Å². The standard InChI is InChI=1S/C17H17FN2O3/c18-13-3-1-2-4-14(13)19-8-7-17(21)20-12-5-6-15-16(11-12)23-10-9-22-15/h1-6,11,19H,7-10H2,(H,20,21). The van der Waals surface area contributed by atoms with Gasteiger partial charge in [0.25, 0.3) is 0 Å². The summed E-state index contributed by atoms with van der Waals surface area (Å²) < 4.78 is 24.3. The first kappa shape index (κ1) is 15.1. The van der Waals surface area contributed by atoms with Gasteiger partial charge < -0.3 is 20.1 Å². The van der Waals surface area contributed by atoms with E-state index in [2.05, 4.69) is 10.6 Å². The molecule has 6 heteroatoms. The number of carbonyl (C=O) groups excluding carboxylic acids is 1. The maximum Gasteiger partial charge on any atom is 0.226 e. The molecule has 0 atom stereocenters. The van der Waals surface area contributed by atoms with E-state index in [1.54, 1.807) is 36.4 Å². The lowest BCUT2D eigenvalue weighted by Crippen LogP contribution is -2.18. The number of anilines is 2. The molecule has 0 aromatic heterocycles. The van der Waals surface area contributed by atoms with E-state index in [-0.39, 0.29) is 18.1 Å². The second-order valence-corrected chi connectivity index (χ2v) is 5.06. The van der Waals surface area contributed by atoms with E-state index in [1.165, 1.54) is 6.07 Å². The van der Waals surface area contributed by atoms with Crippen molar-refractivity contribution in [3.05, 3.63) is 48.3 Å². The predicted molar refractivity (Wildman–Crippen MR) is 85.6 cm³/mol. The molecule has 0 spiro atoms. The van der Waals surface area contributed by atoms with Crippen LogP contribution in [0.1, 0.15) is 6.42 Å². The van der Waals surface area contributed by atoms with Gasteiger partial charge in [-0.15, -0.1) is 0 Å². The highest BCUT2D eigenvalue weighted by atomic mass is 19.1. The Balaban J connectivity index is 1.50. The zero-order chi connectivity index (χ0) is 16.1. The monoisotopic (exact) mass is 316 g/mol. The van der Waals surface area contributed by atoms with Crippen molar-refractivity contribution in [2.75, 3.05) is 30.4 Å². The van der Waals surface area contributed by atoms with E-state index < -0.39 is 0 Å². The number of para-hydroxylation sites is 1. The molecule has 1 aliphatic rings. The number of carbonyl (C=O) groups is 1. The van der Waals surface area contributed by atoms with Crippen LogP contribution in [0.15, 0.2) is 42.5 Å². The summed E-state index contributed by atoms with van der Waals surface area (Å²) in [7, 11) is 0. The number of ether oxygens (including phenoxy) is 2. The average molecular weight is 316 g/mol. The zero-order valence-corrected chi connectivity index (χ0v) is 12.5. The van der Waals surface area contributed by atoms with E-state index in [0.29, 0.717) is 42.6 Å². The smallest absolute Gasteiger partial charge is 0.226 e. The van der Waals surface area contributed by atoms with E-state index in [1.807, 2.05) is 0 Å². The highest BCUT2D eigenvalue weighted by molar-refractivity contribution is 5.91. The Bertz CT molecular complexity index is 706. The highest BCUT2D eigenvalue weighted by Crippen LogP contribution is 2.32. The molecule has 120 valence electrons. The summed E-state index contributed by atoms with van der Waals surface area (Å²) in [6, 6.07) is 11.6. The Labute approximate surface area is 133 Å². The quantitative estimate of drug-likeness (QED) is 0.890. The second kappa shape index (κ2) is 7.00. The first-order valence-electron chi connectivity index (χ1n) is 7.40. The van der Waals surface area contributed by atoms with Crippen LogP contribution in [0, 0.1) is 5.82 Å². The van der Waals surface area contributed by atoms with Crippen LogP contribution >= 0.6 is 0 Å². The lowest BCUT2D eigenvalue weighted by atomic mass is 10.2. The van der Waals surface area contributed by atoms with Gasteiger partial charge in [0.15, 0.2) is 11.5 Å². The summed E-state index contributed by atoms with van der Waals surface area (Å²) >= 11 is 0. The third-order valence-corrected chi connectivity index (χ3v) is 3.37. The topological polar surface area (TPSA) is 59.6 Å². The molecule has 2 aromatic rings. The second-order valence-electron chi connectivity index (χ2n) is 5.06. The zero-order valence-electron chi connectivity index (χ0n) is 12.5. The van der Waals surface area contributed by atoms with Crippen molar-refractivity contribution in [2.24, 2.45) is 0 Å². The van der Waals surface area contributed by atoms with Gasteiger partial charge in [0.1, 0.15) is 19.0 Å². The molecule has 1 amide bonds. The molecule has 2 aromatic carbocycles. The number of benzene rings is 2. The molecule has 3 rings (SSSR count). The van der Waals surface area contributed by atoms with Crippen molar-refractivity contribution in [3.63, 3.8) is 0 Å². The summed E-state index contributed by atoms with van der Waals surface area (Å²) in [6.07, 6.45) is 0.225. The van der Waals surface area contributed by atoms with Gasteiger partial charge in [0.05, 0.1) is 5.69 Å². The molecule has 0 bridgehead atoms. The van der Waals surface area contributed by atoms with Crippen LogP contribution in [0.5, 0.6) is 11.5 Å². The number of hydrogen-bond acceptors (Lipinski definition) is 4. The summed E-state index contributed by atoms with van der Waals surface area (Å²) in [5.41, 5.74) is 1.03. The molecular weight excluding hydrogens is 299 g/mol. The number of nitrogens with one attached hydrogen (secondary N) is 2. The third kappa shape index (κ3) is 3.91. The van der Waals surface area contributed by atoms with E-state index in [0.717, 1.165) is 0 Å². The van der Waals surface area contributed by atoms with Gasteiger partial charge in [-0.05, 0) is 24.3 Å². The number of hydrogen-bond donors (Lipinski definition) is 2. The maximum atomic E-state index is 13.4. The minimum atomic E-state index is -0.334. The molecule has 0 radical (unpaired) electrons. The van der Waals surface area contributed by atoms with Crippen molar-refractivity contribution in [1.29, 1.82) is 0 Å². The number of halogens is 1. The lowest BCUT2D eigenvalue weighted by Gasteiger charge is -2.19. The van der Waals surface area contributed by atoms with E-state index in [9.17, 15) is 9.18 Å². The van der Waals surface area contributed by atoms with Crippen molar-refractivity contribution >= 4 is 17.3 Å². The summed E-state index contributed by atoms with van der Waals surface area (Å²) in [5.74, 6) is 0.805. The molecule has 1 heterocycles. The SMILES string of the molecule is O=C(CCNc1ccccc1F)Nc1ccc2c(c1)OCCO2. The van der Waals surface area contributed by atoms with Crippen molar-refractivity contribution < 1.29 is 18.7 Å². The Kier molecular flexibility index (Phi) is 4.61. The largest absolute Gasteiger partial charge is 0.486 e. The molecule has 0 unspecified atom stereocenters. The Morgan fingerprint density at radius 1 is 1.09 bits per heavy atom. The Hall–Kier alpha value is -2.76. The summed E-state index contributed by atoms with van der Waals surface area (Å²) in [4.78, 5) is 11.9. The van der Waals surface area contributed by atoms with Crippen molar-refractivity contribution in [3.8, 4) is 11.5 Å². The predicted octanol–water partition coefficient (Wildman–Crippen LogP) is 3.04. The Morgan fingerprint density at radius 2 is 1.87 bits per heavy atom. The van der Waals surface area contributed by atoms with Gasteiger partial charge in [-0.3, -0.25) is 4.79 Å². The van der Waals surface area contributed by atoms with E-state index >= 15 is 0 Å². The van der Waals surface area contributed by atoms with Crippen LogP contribution in [-0.2, 0) is 4.79 Å². The molecule has 0 fully saturated rings. The van der Waals surface area contributed by atoms with Crippen LogP contribution in [0.2, 0.25) is 0 Å². The fourth-order valence-corrected chi connectivity index (χ4v) is 2.26. The normalized spacial score (nSPS) is 12.6. The van der Waals surface area contributed by atoms with Crippen LogP contribution in [0.4, 0.5) is 15.8 Å². The van der Waals surface area contributed by atoms with Gasteiger partial charge >= 0.3 is 0 Å². The van der Waals surface area contributed by atoms with Crippen molar-refractivity contribution in [2.45, 2.75) is 6.42 Å². The number of rotatable bonds is 5. The number of fused-ring (bicyclic) bond motifs is 1. The van der Waals surface area contributed by atoms with Gasteiger partial charge in [-0.2, -0.15) is 0 Å². The molecular formula is C17H17FN2O3. The molecule has 0 aliphatic carbocycles. The first-order valence-corrected chi connectivity index (χ1v) is 7.40. The molecule has 2 N–H and O–H groups in total. The summed E-state index contributed by atoms with van der Waals surface area (Å²) in [5, 5.41) is 5.68. The van der Waals surface area contributed by atoms with Crippen LogP contribution in [0.25, 0.3) is 0 Å². The minimum absolute atomic E-state index is 0.162. The van der Waals surface area contributed by atoms with Crippen LogP contribution in [-0.4, -0.2) is 25.7 Å². The molecule has 23 heavy (non-hydrogen) atoms. The van der Waals surface area contributed by atoms with E-state index in [4.69, 9.17) is 9.47 Å². The van der Waals surface area contributed by atoms with Crippen LogP contribution < -0.4 is 20.1 Å². The summed E-state index contributed by atoms with van der Waals surface area (Å²) in [6.45, 7) is 1.37. The van der Waals surface area contributed by atoms with Gasteiger partial charge in [0, 0.05) is 24.7 Å². The minimum Gasteiger partial charge on any atom is -0.486 e. The highest BCUT2D eigenvalue weighted by Gasteiger charge is 2.12. The number of amides is 1.